The fraction of sp³-hybridized carbons (Fsp3) is 1.00. The highest BCUT2D eigenvalue weighted by Crippen LogP contribution is 2.42. The van der Waals surface area contributed by atoms with Gasteiger partial charge in [-0.15, -0.1) is 0 Å². The third-order valence-electron chi connectivity index (χ3n) is 5.27. The summed E-state index contributed by atoms with van der Waals surface area (Å²) in [6, 6.07) is 1.07. The summed E-state index contributed by atoms with van der Waals surface area (Å²) < 4.78 is 0. The Morgan fingerprint density at radius 2 is 2.11 bits per heavy atom. The molecule has 2 fully saturated rings. The minimum absolute atomic E-state index is 0.336. The van der Waals surface area contributed by atoms with Crippen molar-refractivity contribution in [1.29, 1.82) is 0 Å². The normalized spacial score (nSPS) is 35.1. The van der Waals surface area contributed by atoms with Gasteiger partial charge in [0.25, 0.3) is 0 Å². The van der Waals surface area contributed by atoms with Crippen LogP contribution in [-0.4, -0.2) is 48.3 Å². The predicted octanol–water partition coefficient (Wildman–Crippen LogP) is 2.25. The van der Waals surface area contributed by atoms with Crippen molar-refractivity contribution in [3.63, 3.8) is 0 Å². The largest absolute Gasteiger partial charge is 0.395 e. The molecular formula is C16H32N2O. The maximum absolute atomic E-state index is 9.46. The molecular weight excluding hydrogens is 236 g/mol. The van der Waals surface area contributed by atoms with Crippen molar-refractivity contribution in [2.24, 2.45) is 11.3 Å². The molecule has 19 heavy (non-hydrogen) atoms. The van der Waals surface area contributed by atoms with Crippen LogP contribution in [0.2, 0.25) is 0 Å². The second kappa shape index (κ2) is 6.55. The van der Waals surface area contributed by atoms with E-state index in [-0.39, 0.29) is 0 Å². The molecule has 2 aliphatic rings. The van der Waals surface area contributed by atoms with Gasteiger partial charge in [0.1, 0.15) is 0 Å². The Balaban J connectivity index is 1.94. The SMILES string of the molecule is CCCNC1C(CN2CCCC2CO)CCC1(C)C. The maximum Gasteiger partial charge on any atom is 0.0586 e. The average Bonchev–Trinajstić information content (AvgIpc) is 2.93. The van der Waals surface area contributed by atoms with Gasteiger partial charge in [-0.05, 0) is 56.5 Å². The second-order valence-corrected chi connectivity index (χ2v) is 7.19. The Kier molecular flexibility index (Phi) is 5.27. The van der Waals surface area contributed by atoms with Crippen molar-refractivity contribution < 1.29 is 5.11 Å². The summed E-state index contributed by atoms with van der Waals surface area (Å²) in [5.41, 5.74) is 0.425. The highest BCUT2D eigenvalue weighted by atomic mass is 16.3. The van der Waals surface area contributed by atoms with Crippen molar-refractivity contribution in [2.75, 3.05) is 26.2 Å². The molecule has 1 heterocycles. The van der Waals surface area contributed by atoms with Gasteiger partial charge >= 0.3 is 0 Å². The van der Waals surface area contributed by atoms with Gasteiger partial charge in [0, 0.05) is 18.6 Å². The van der Waals surface area contributed by atoms with Crippen LogP contribution in [0.3, 0.4) is 0 Å². The molecule has 0 bridgehead atoms. The zero-order chi connectivity index (χ0) is 13.9. The van der Waals surface area contributed by atoms with Gasteiger partial charge in [-0.25, -0.2) is 0 Å². The third-order valence-corrected chi connectivity index (χ3v) is 5.27. The molecule has 1 saturated heterocycles. The van der Waals surface area contributed by atoms with Crippen molar-refractivity contribution in [1.82, 2.24) is 10.2 Å². The molecule has 1 aliphatic carbocycles. The van der Waals surface area contributed by atoms with Crippen LogP contribution in [0.25, 0.3) is 0 Å². The number of likely N-dealkylation sites (tertiary alicyclic amines) is 1. The zero-order valence-electron chi connectivity index (χ0n) is 13.0. The first kappa shape index (κ1) is 15.3. The summed E-state index contributed by atoms with van der Waals surface area (Å²) >= 11 is 0. The summed E-state index contributed by atoms with van der Waals surface area (Å²) in [4.78, 5) is 2.53. The number of aliphatic hydroxyl groups is 1. The van der Waals surface area contributed by atoms with E-state index in [9.17, 15) is 5.11 Å². The molecule has 0 aromatic rings. The van der Waals surface area contributed by atoms with Crippen molar-refractivity contribution >= 4 is 0 Å². The van der Waals surface area contributed by atoms with Gasteiger partial charge < -0.3 is 10.4 Å². The molecule has 1 saturated carbocycles. The highest BCUT2D eigenvalue weighted by molar-refractivity contribution is 4.98. The minimum atomic E-state index is 0.336. The zero-order valence-corrected chi connectivity index (χ0v) is 13.0. The summed E-state index contributed by atoms with van der Waals surface area (Å²) in [5.74, 6) is 0.758. The number of nitrogens with one attached hydrogen (secondary N) is 1. The van der Waals surface area contributed by atoms with E-state index < -0.39 is 0 Å². The number of aliphatic hydroxyl groups excluding tert-OH is 1. The van der Waals surface area contributed by atoms with E-state index in [1.54, 1.807) is 0 Å². The van der Waals surface area contributed by atoms with Crippen LogP contribution in [0, 0.1) is 11.3 Å². The molecule has 3 nitrogen and oxygen atoms in total. The summed E-state index contributed by atoms with van der Waals surface area (Å²) in [6.07, 6.45) is 6.32. The summed E-state index contributed by atoms with van der Waals surface area (Å²) in [7, 11) is 0. The quantitative estimate of drug-likeness (QED) is 0.775. The van der Waals surface area contributed by atoms with Gasteiger partial charge in [0.2, 0.25) is 0 Å². The number of hydrogen-bond acceptors (Lipinski definition) is 3. The van der Waals surface area contributed by atoms with E-state index >= 15 is 0 Å². The van der Waals surface area contributed by atoms with E-state index in [0.29, 0.717) is 24.1 Å². The number of nitrogens with zero attached hydrogens (tertiary/aromatic N) is 1. The molecule has 3 heteroatoms. The first-order valence-electron chi connectivity index (χ1n) is 8.16. The van der Waals surface area contributed by atoms with Gasteiger partial charge in [0.15, 0.2) is 0 Å². The molecule has 112 valence electrons. The Morgan fingerprint density at radius 1 is 1.32 bits per heavy atom. The van der Waals surface area contributed by atoms with Crippen LogP contribution in [0.4, 0.5) is 0 Å². The van der Waals surface area contributed by atoms with Crippen LogP contribution in [0.5, 0.6) is 0 Å². The number of hydrogen-bond donors (Lipinski definition) is 2. The molecule has 0 amide bonds. The Labute approximate surface area is 118 Å². The Morgan fingerprint density at radius 3 is 2.79 bits per heavy atom. The third kappa shape index (κ3) is 3.50. The lowest BCUT2D eigenvalue weighted by molar-refractivity contribution is 0.128. The van der Waals surface area contributed by atoms with E-state index in [2.05, 4.69) is 31.0 Å². The first-order chi connectivity index (χ1) is 9.08. The molecule has 0 aromatic heterocycles. The molecule has 2 rings (SSSR count). The molecule has 0 radical (unpaired) electrons. The number of rotatable bonds is 6. The van der Waals surface area contributed by atoms with Crippen LogP contribution in [0.1, 0.15) is 52.9 Å². The standard InChI is InChI=1S/C16H32N2O/c1-4-9-17-15-13(7-8-16(15,2)3)11-18-10-5-6-14(18)12-19/h13-15,17,19H,4-12H2,1-3H3. The van der Waals surface area contributed by atoms with Crippen molar-refractivity contribution in [2.45, 2.75) is 65.0 Å². The van der Waals surface area contributed by atoms with Crippen molar-refractivity contribution in [3.05, 3.63) is 0 Å². The van der Waals surface area contributed by atoms with E-state index in [1.165, 1.54) is 45.2 Å². The van der Waals surface area contributed by atoms with Crippen LogP contribution >= 0.6 is 0 Å². The molecule has 0 spiro atoms. The second-order valence-electron chi connectivity index (χ2n) is 7.19. The molecule has 1 aliphatic heterocycles. The smallest absolute Gasteiger partial charge is 0.0586 e. The van der Waals surface area contributed by atoms with Crippen LogP contribution in [-0.2, 0) is 0 Å². The highest BCUT2D eigenvalue weighted by Gasteiger charge is 2.42. The van der Waals surface area contributed by atoms with E-state index in [0.717, 1.165) is 12.5 Å². The molecule has 3 atom stereocenters. The summed E-state index contributed by atoms with van der Waals surface area (Å²) in [5, 5.41) is 13.3. The van der Waals surface area contributed by atoms with Crippen molar-refractivity contribution in [3.8, 4) is 0 Å². The summed E-state index contributed by atoms with van der Waals surface area (Å²) in [6.45, 7) is 10.9. The lowest BCUT2D eigenvalue weighted by Crippen LogP contribution is -2.47. The monoisotopic (exact) mass is 268 g/mol. The first-order valence-corrected chi connectivity index (χ1v) is 8.16. The fourth-order valence-corrected chi connectivity index (χ4v) is 4.10. The van der Waals surface area contributed by atoms with E-state index in [4.69, 9.17) is 0 Å². The van der Waals surface area contributed by atoms with E-state index in [1.807, 2.05) is 0 Å². The molecule has 2 N–H and O–H groups in total. The van der Waals surface area contributed by atoms with Gasteiger partial charge in [-0.3, -0.25) is 4.90 Å². The molecule has 0 aromatic carbocycles. The predicted molar refractivity (Wildman–Crippen MR) is 80.3 cm³/mol. The van der Waals surface area contributed by atoms with Gasteiger partial charge in [-0.1, -0.05) is 20.8 Å². The Bertz CT molecular complexity index is 280. The Hall–Kier alpha value is -0.120. The fourth-order valence-electron chi connectivity index (χ4n) is 4.10. The van der Waals surface area contributed by atoms with Gasteiger partial charge in [0.05, 0.1) is 6.61 Å². The lowest BCUT2D eigenvalue weighted by atomic mass is 9.84. The lowest BCUT2D eigenvalue weighted by Gasteiger charge is -2.34. The minimum Gasteiger partial charge on any atom is -0.395 e. The molecule has 3 unspecified atom stereocenters. The maximum atomic E-state index is 9.46. The van der Waals surface area contributed by atoms with Crippen LogP contribution in [0.15, 0.2) is 0 Å². The van der Waals surface area contributed by atoms with Crippen LogP contribution < -0.4 is 5.32 Å². The topological polar surface area (TPSA) is 35.5 Å². The average molecular weight is 268 g/mol. The van der Waals surface area contributed by atoms with Gasteiger partial charge in [-0.2, -0.15) is 0 Å².